The first-order chi connectivity index (χ1) is 12.1. The van der Waals surface area contributed by atoms with Crippen molar-refractivity contribution in [3.8, 4) is 0 Å². The van der Waals surface area contributed by atoms with Gasteiger partial charge in [0.05, 0.1) is 6.61 Å². The number of hydrogen-bond acceptors (Lipinski definition) is 3. The van der Waals surface area contributed by atoms with E-state index in [1.807, 2.05) is 4.90 Å². The molecule has 25 heavy (non-hydrogen) atoms. The van der Waals surface area contributed by atoms with Crippen LogP contribution in [0.3, 0.4) is 0 Å². The number of benzene rings is 1. The van der Waals surface area contributed by atoms with E-state index in [0.29, 0.717) is 24.5 Å². The number of likely N-dealkylation sites (tertiary alicyclic amines) is 1. The number of carbonyl (C=O) groups is 1. The lowest BCUT2D eigenvalue weighted by molar-refractivity contribution is 0.0783. The van der Waals surface area contributed by atoms with Gasteiger partial charge < -0.3 is 15.0 Å². The molecule has 1 saturated heterocycles. The van der Waals surface area contributed by atoms with Crippen LogP contribution in [0.15, 0.2) is 30.3 Å². The first-order valence-corrected chi connectivity index (χ1v) is 9.83. The van der Waals surface area contributed by atoms with E-state index in [1.165, 1.54) is 18.4 Å². The summed E-state index contributed by atoms with van der Waals surface area (Å²) in [7, 11) is 0. The molecule has 0 radical (unpaired) electrons. The van der Waals surface area contributed by atoms with E-state index in [1.54, 1.807) is 0 Å². The average Bonchev–Trinajstić information content (AvgIpc) is 3.40. The molecule has 1 N–H and O–H groups in total. The number of carbonyl (C=O) groups excluding carboxylic acids is 1. The summed E-state index contributed by atoms with van der Waals surface area (Å²) in [5.41, 5.74) is 1.47. The monoisotopic (exact) mass is 344 g/mol. The molecular weight excluding hydrogens is 312 g/mol. The maximum atomic E-state index is 12.0. The Morgan fingerprint density at radius 1 is 1.24 bits per heavy atom. The molecule has 4 nitrogen and oxygen atoms in total. The fraction of sp³-hybridized carbons (Fsp3) is 0.667. The number of amides is 1. The zero-order chi connectivity index (χ0) is 17.6. The maximum Gasteiger partial charge on any atom is 0.409 e. The highest BCUT2D eigenvalue weighted by atomic mass is 16.6. The number of ether oxygens (including phenoxy) is 1. The van der Waals surface area contributed by atoms with Gasteiger partial charge >= 0.3 is 6.09 Å². The Morgan fingerprint density at radius 3 is 2.64 bits per heavy atom. The van der Waals surface area contributed by atoms with Gasteiger partial charge in [-0.25, -0.2) is 4.79 Å². The van der Waals surface area contributed by atoms with E-state index in [-0.39, 0.29) is 6.09 Å². The van der Waals surface area contributed by atoms with E-state index >= 15 is 0 Å². The van der Waals surface area contributed by atoms with Gasteiger partial charge in [0.15, 0.2) is 0 Å². The quantitative estimate of drug-likeness (QED) is 0.812. The summed E-state index contributed by atoms with van der Waals surface area (Å²) in [5, 5.41) is 3.71. The van der Waals surface area contributed by atoms with Gasteiger partial charge in [0.2, 0.25) is 0 Å². The normalized spacial score (nSPS) is 23.7. The molecule has 4 heteroatoms. The minimum Gasteiger partial charge on any atom is -0.449 e. The van der Waals surface area contributed by atoms with Gasteiger partial charge in [-0.15, -0.1) is 0 Å². The van der Waals surface area contributed by atoms with Crippen LogP contribution in [0.4, 0.5) is 4.79 Å². The molecule has 1 heterocycles. The third-order valence-corrected chi connectivity index (χ3v) is 5.39. The van der Waals surface area contributed by atoms with Crippen molar-refractivity contribution < 1.29 is 9.53 Å². The number of nitrogens with one attached hydrogen (secondary N) is 1. The van der Waals surface area contributed by atoms with Crippen LogP contribution in [0.1, 0.15) is 51.0 Å². The predicted molar refractivity (Wildman–Crippen MR) is 101 cm³/mol. The Hall–Kier alpha value is -1.55. The second kappa shape index (κ2) is 8.70. The zero-order valence-electron chi connectivity index (χ0n) is 15.6. The van der Waals surface area contributed by atoms with Gasteiger partial charge in [0, 0.05) is 25.0 Å². The molecule has 3 rings (SSSR count). The molecule has 1 aliphatic heterocycles. The summed E-state index contributed by atoms with van der Waals surface area (Å²) in [6, 6.07) is 11.5. The van der Waals surface area contributed by atoms with Gasteiger partial charge in [0.25, 0.3) is 0 Å². The smallest absolute Gasteiger partial charge is 0.409 e. The van der Waals surface area contributed by atoms with Crippen molar-refractivity contribution in [1.29, 1.82) is 0 Å². The first-order valence-electron chi connectivity index (χ1n) is 9.83. The molecule has 1 amide bonds. The largest absolute Gasteiger partial charge is 0.449 e. The highest BCUT2D eigenvalue weighted by Gasteiger charge is 2.37. The fourth-order valence-electron chi connectivity index (χ4n) is 3.70. The topological polar surface area (TPSA) is 41.6 Å². The van der Waals surface area contributed by atoms with Gasteiger partial charge in [-0.1, -0.05) is 44.2 Å². The Kier molecular flexibility index (Phi) is 6.35. The second-order valence-corrected chi connectivity index (χ2v) is 8.00. The standard InChI is InChI=1S/C21H32N2O2/c1-16(2)15-25-21(24)23-12-9-17(10-13-23)8-11-22-20-14-19(20)18-6-4-3-5-7-18/h3-7,16-17,19-20,22H,8-15H2,1-2H3. The lowest BCUT2D eigenvalue weighted by Gasteiger charge is -2.31. The lowest BCUT2D eigenvalue weighted by atomic mass is 9.94. The van der Waals surface area contributed by atoms with E-state index in [2.05, 4.69) is 49.5 Å². The summed E-state index contributed by atoms with van der Waals surface area (Å²) in [4.78, 5) is 13.9. The Labute approximate surface area is 151 Å². The van der Waals surface area contributed by atoms with Crippen molar-refractivity contribution in [3.63, 3.8) is 0 Å². The molecule has 1 aromatic rings. The average molecular weight is 344 g/mol. The number of piperidine rings is 1. The van der Waals surface area contributed by atoms with Crippen molar-refractivity contribution in [2.24, 2.45) is 11.8 Å². The van der Waals surface area contributed by atoms with Crippen LogP contribution in [0.2, 0.25) is 0 Å². The third kappa shape index (κ3) is 5.46. The number of rotatable bonds is 7. The molecule has 2 aliphatic rings. The fourth-order valence-corrected chi connectivity index (χ4v) is 3.70. The van der Waals surface area contributed by atoms with Crippen LogP contribution in [0.25, 0.3) is 0 Å². The summed E-state index contributed by atoms with van der Waals surface area (Å²) in [6.07, 6.45) is 4.56. The second-order valence-electron chi connectivity index (χ2n) is 8.00. The molecule has 2 unspecified atom stereocenters. The molecule has 1 aliphatic carbocycles. The van der Waals surface area contributed by atoms with Crippen molar-refractivity contribution in [3.05, 3.63) is 35.9 Å². The van der Waals surface area contributed by atoms with Gasteiger partial charge in [0.1, 0.15) is 0 Å². The van der Waals surface area contributed by atoms with Crippen LogP contribution in [0.5, 0.6) is 0 Å². The summed E-state index contributed by atoms with van der Waals surface area (Å²) >= 11 is 0. The van der Waals surface area contributed by atoms with Crippen LogP contribution in [0, 0.1) is 11.8 Å². The minimum absolute atomic E-state index is 0.131. The summed E-state index contributed by atoms with van der Waals surface area (Å²) < 4.78 is 5.33. The van der Waals surface area contributed by atoms with E-state index < -0.39 is 0 Å². The van der Waals surface area contributed by atoms with Crippen LogP contribution < -0.4 is 5.32 Å². The van der Waals surface area contributed by atoms with Crippen molar-refractivity contribution in [2.45, 2.75) is 51.5 Å². The van der Waals surface area contributed by atoms with Crippen LogP contribution in [-0.4, -0.2) is 43.3 Å². The Bertz CT molecular complexity index is 538. The van der Waals surface area contributed by atoms with E-state index in [4.69, 9.17) is 4.74 Å². The maximum absolute atomic E-state index is 12.0. The molecule has 2 atom stereocenters. The lowest BCUT2D eigenvalue weighted by Crippen LogP contribution is -2.39. The molecule has 0 bridgehead atoms. The third-order valence-electron chi connectivity index (χ3n) is 5.39. The number of hydrogen-bond donors (Lipinski definition) is 1. The van der Waals surface area contributed by atoms with Crippen molar-refractivity contribution in [2.75, 3.05) is 26.2 Å². The first kappa shape index (κ1) is 18.2. The van der Waals surface area contributed by atoms with Crippen molar-refractivity contribution >= 4 is 6.09 Å². The van der Waals surface area contributed by atoms with E-state index in [9.17, 15) is 4.79 Å². The zero-order valence-corrected chi connectivity index (χ0v) is 15.6. The minimum atomic E-state index is -0.131. The summed E-state index contributed by atoms with van der Waals surface area (Å²) in [5.74, 6) is 1.84. The molecule has 0 spiro atoms. The van der Waals surface area contributed by atoms with Gasteiger partial charge in [-0.3, -0.25) is 0 Å². The SMILES string of the molecule is CC(C)COC(=O)N1CCC(CCNC2CC2c2ccccc2)CC1. The summed E-state index contributed by atoms with van der Waals surface area (Å²) in [6.45, 7) is 7.43. The van der Waals surface area contributed by atoms with Gasteiger partial charge in [-0.2, -0.15) is 0 Å². The van der Waals surface area contributed by atoms with Crippen LogP contribution >= 0.6 is 0 Å². The molecule has 138 valence electrons. The Morgan fingerprint density at radius 2 is 1.96 bits per heavy atom. The van der Waals surface area contributed by atoms with Crippen molar-refractivity contribution in [1.82, 2.24) is 10.2 Å². The van der Waals surface area contributed by atoms with Crippen LogP contribution in [-0.2, 0) is 4.74 Å². The highest BCUT2D eigenvalue weighted by molar-refractivity contribution is 5.67. The molecule has 2 fully saturated rings. The molecule has 0 aromatic heterocycles. The van der Waals surface area contributed by atoms with Gasteiger partial charge in [-0.05, 0) is 49.6 Å². The molecule has 1 saturated carbocycles. The predicted octanol–water partition coefficient (Wildman–Crippen LogP) is 4.03. The number of nitrogens with zero attached hydrogens (tertiary/aromatic N) is 1. The van der Waals surface area contributed by atoms with E-state index in [0.717, 1.165) is 38.4 Å². The Balaban J connectivity index is 1.28. The highest BCUT2D eigenvalue weighted by Crippen LogP contribution is 2.40. The molecule has 1 aromatic carbocycles. The molecular formula is C21H32N2O2.